The Morgan fingerprint density at radius 1 is 0.842 bits per heavy atom. The Balaban J connectivity index is 0.00000336. The number of benzene rings is 3. The summed E-state index contributed by atoms with van der Waals surface area (Å²) in [7, 11) is 0. The third-order valence-electron chi connectivity index (χ3n) is 6.46. The summed E-state index contributed by atoms with van der Waals surface area (Å²) in [5.74, 6) is 1.31. The fourth-order valence-corrected chi connectivity index (χ4v) is 4.40. The first-order valence-corrected chi connectivity index (χ1v) is 12.5. The van der Waals surface area contributed by atoms with E-state index in [0.717, 1.165) is 33.3 Å². The number of rotatable bonds is 4. The van der Waals surface area contributed by atoms with Crippen LogP contribution in [0, 0.1) is 6.07 Å². The van der Waals surface area contributed by atoms with Crippen molar-refractivity contribution in [3.63, 3.8) is 0 Å². The number of fused-ring (bicyclic) bond motifs is 1. The van der Waals surface area contributed by atoms with Crippen LogP contribution in [0.2, 0.25) is 0 Å². The summed E-state index contributed by atoms with van der Waals surface area (Å²) < 4.78 is 7.78. The Bertz CT molecular complexity index is 1580. The van der Waals surface area contributed by atoms with Gasteiger partial charge in [-0.05, 0) is 40.0 Å². The molecule has 6 heteroatoms. The van der Waals surface area contributed by atoms with E-state index in [1.54, 1.807) is 6.20 Å². The first-order chi connectivity index (χ1) is 17.5. The normalized spacial score (nSPS) is 11.8. The van der Waals surface area contributed by atoms with Crippen molar-refractivity contribution in [3.05, 3.63) is 96.2 Å². The molecule has 0 aliphatic rings. The van der Waals surface area contributed by atoms with Crippen LogP contribution in [-0.4, -0.2) is 19.9 Å². The molecule has 0 atom stereocenters. The van der Waals surface area contributed by atoms with Gasteiger partial charge in [0, 0.05) is 50.3 Å². The number of pyridine rings is 1. The van der Waals surface area contributed by atoms with Crippen LogP contribution in [0.25, 0.3) is 27.8 Å². The van der Waals surface area contributed by atoms with Crippen LogP contribution in [0.15, 0.2) is 79.0 Å². The van der Waals surface area contributed by atoms with Gasteiger partial charge in [-0.25, -0.2) is 14.8 Å². The number of nitrogens with zero attached hydrogens (tertiary/aromatic N) is 3. The largest absolute Gasteiger partial charge is 0.505 e. The molecule has 5 aromatic rings. The zero-order valence-electron chi connectivity index (χ0n) is 22.5. The minimum Gasteiger partial charge on any atom is -0.505 e. The molecule has 0 amide bonds. The van der Waals surface area contributed by atoms with Crippen molar-refractivity contribution in [2.75, 3.05) is 0 Å². The van der Waals surface area contributed by atoms with Gasteiger partial charge >= 0.3 is 0 Å². The van der Waals surface area contributed by atoms with Crippen molar-refractivity contribution in [3.8, 4) is 34.3 Å². The number of hydrogen-bond acceptors (Lipinski definition) is 4. The third-order valence-corrected chi connectivity index (χ3v) is 6.46. The van der Waals surface area contributed by atoms with E-state index in [9.17, 15) is 5.11 Å². The molecule has 2 aromatic heterocycles. The zero-order chi connectivity index (χ0) is 26.4. The van der Waals surface area contributed by atoms with Gasteiger partial charge in [-0.3, -0.25) is 0 Å². The fourth-order valence-electron chi connectivity index (χ4n) is 4.40. The molecule has 3 aromatic carbocycles. The van der Waals surface area contributed by atoms with Crippen molar-refractivity contribution >= 4 is 10.9 Å². The quantitative estimate of drug-likeness (QED) is 0.195. The predicted octanol–water partition coefficient (Wildman–Crippen LogP) is 7.98. The number of para-hydroxylation sites is 1. The molecule has 2 heterocycles. The van der Waals surface area contributed by atoms with Gasteiger partial charge in [0.2, 0.25) is 5.88 Å². The number of aromatic nitrogens is 3. The van der Waals surface area contributed by atoms with Crippen molar-refractivity contribution < 1.29 is 30.9 Å². The molecule has 0 radical (unpaired) electrons. The summed E-state index contributed by atoms with van der Waals surface area (Å²) in [6.45, 7) is 12.9. The molecule has 0 bridgehead atoms. The molecule has 0 saturated carbocycles. The molecule has 198 valence electrons. The monoisotopic (exact) mass is 685 g/mol. The Kier molecular flexibility index (Phi) is 7.54. The number of phenols is 1. The summed E-state index contributed by atoms with van der Waals surface area (Å²) in [5.41, 5.74) is 4.84. The first kappa shape index (κ1) is 27.6. The van der Waals surface area contributed by atoms with Gasteiger partial charge < -0.3 is 9.84 Å². The second-order valence-corrected chi connectivity index (χ2v) is 11.4. The molecule has 5 nitrogen and oxygen atoms in total. The van der Waals surface area contributed by atoms with Gasteiger partial charge in [-0.2, -0.15) is 0 Å². The van der Waals surface area contributed by atoms with E-state index in [1.807, 2.05) is 65.3 Å². The topological polar surface area (TPSA) is 60.2 Å². The van der Waals surface area contributed by atoms with E-state index >= 15 is 0 Å². The number of ether oxygens (including phenoxy) is 1. The smallest absolute Gasteiger partial charge is 0.217 e. The van der Waals surface area contributed by atoms with Crippen molar-refractivity contribution in [1.29, 1.82) is 0 Å². The van der Waals surface area contributed by atoms with Gasteiger partial charge in [0.25, 0.3) is 0 Å². The second kappa shape index (κ2) is 10.4. The van der Waals surface area contributed by atoms with E-state index in [2.05, 4.69) is 64.7 Å². The van der Waals surface area contributed by atoms with Crippen LogP contribution in [0.5, 0.6) is 17.4 Å². The van der Waals surface area contributed by atoms with Gasteiger partial charge in [0.05, 0.1) is 5.52 Å². The third kappa shape index (κ3) is 5.39. The summed E-state index contributed by atoms with van der Waals surface area (Å²) in [6.07, 6.45) is 1.69. The molecule has 0 saturated heterocycles. The van der Waals surface area contributed by atoms with E-state index in [0.29, 0.717) is 17.3 Å². The Morgan fingerprint density at radius 3 is 2.26 bits per heavy atom. The maximum absolute atomic E-state index is 11.5. The van der Waals surface area contributed by atoms with Gasteiger partial charge in [0.1, 0.15) is 11.4 Å². The SMILES string of the molecule is CC(C)(C)c1cc(-n2nc(-c3[c-]c(Oc4ccccn4)ccc3)c3ccccc32)c(O)c(C(C)(C)C)c1.[Pt]. The summed E-state index contributed by atoms with van der Waals surface area (Å²) in [5, 5.41) is 17.5. The molecule has 0 unspecified atom stereocenters. The summed E-state index contributed by atoms with van der Waals surface area (Å²) in [6, 6.07) is 26.9. The van der Waals surface area contributed by atoms with Crippen LogP contribution in [-0.2, 0) is 31.9 Å². The van der Waals surface area contributed by atoms with E-state index in [1.165, 1.54) is 0 Å². The summed E-state index contributed by atoms with van der Waals surface area (Å²) in [4.78, 5) is 4.25. The first-order valence-electron chi connectivity index (χ1n) is 12.5. The Labute approximate surface area is 238 Å². The molecule has 0 aliphatic carbocycles. The molecule has 38 heavy (non-hydrogen) atoms. The molecule has 5 rings (SSSR count). The number of hydrogen-bond donors (Lipinski definition) is 1. The van der Waals surface area contributed by atoms with E-state index in [-0.39, 0.29) is 37.6 Å². The molecule has 0 spiro atoms. The fraction of sp³-hybridized carbons (Fsp3) is 0.250. The molecular weight excluding hydrogens is 653 g/mol. The zero-order valence-corrected chi connectivity index (χ0v) is 24.8. The number of phenolic OH excluding ortho intramolecular Hbond substituents is 1. The number of aromatic hydroxyl groups is 1. The van der Waals surface area contributed by atoms with Crippen LogP contribution in [0.4, 0.5) is 0 Å². The minimum absolute atomic E-state index is 0. The van der Waals surface area contributed by atoms with Crippen molar-refractivity contribution in [1.82, 2.24) is 14.8 Å². The summed E-state index contributed by atoms with van der Waals surface area (Å²) >= 11 is 0. The molecule has 0 aliphatic heterocycles. The maximum Gasteiger partial charge on any atom is 0.217 e. The predicted molar refractivity (Wildman–Crippen MR) is 149 cm³/mol. The minimum atomic E-state index is -0.239. The standard InChI is InChI=1S/C32H32N3O2.Pt/c1-31(2,3)22-19-25(32(4,5)6)30(36)27(20-22)35-26-15-8-7-14-24(26)29(34-35)21-12-11-13-23(18-21)37-28-16-9-10-17-33-28;/h7-17,19-20,36H,1-6H3;/q-1;. The maximum atomic E-state index is 11.5. The van der Waals surface area contributed by atoms with Crippen molar-refractivity contribution in [2.45, 2.75) is 52.4 Å². The van der Waals surface area contributed by atoms with Gasteiger partial charge in [-0.15, -0.1) is 23.8 Å². The van der Waals surface area contributed by atoms with Crippen LogP contribution >= 0.6 is 0 Å². The second-order valence-electron chi connectivity index (χ2n) is 11.4. The van der Waals surface area contributed by atoms with Gasteiger partial charge in [-0.1, -0.05) is 77.9 Å². The average Bonchev–Trinajstić information content (AvgIpc) is 3.23. The Hall–Kier alpha value is -3.43. The van der Waals surface area contributed by atoms with Crippen LogP contribution in [0.3, 0.4) is 0 Å². The van der Waals surface area contributed by atoms with Gasteiger partial charge in [0.15, 0.2) is 0 Å². The Morgan fingerprint density at radius 2 is 1.58 bits per heavy atom. The average molecular weight is 686 g/mol. The van der Waals surface area contributed by atoms with E-state index in [4.69, 9.17) is 9.84 Å². The molecular formula is C32H32N3O2Pt-. The van der Waals surface area contributed by atoms with E-state index < -0.39 is 0 Å². The molecule has 1 N–H and O–H groups in total. The van der Waals surface area contributed by atoms with Crippen molar-refractivity contribution in [2.24, 2.45) is 0 Å². The molecule has 0 fully saturated rings. The van der Waals surface area contributed by atoms with Crippen LogP contribution < -0.4 is 4.74 Å². The van der Waals surface area contributed by atoms with Crippen LogP contribution in [0.1, 0.15) is 52.7 Å².